The van der Waals surface area contributed by atoms with E-state index in [1.165, 1.54) is 29.7 Å². The van der Waals surface area contributed by atoms with E-state index in [9.17, 15) is 8.42 Å². The minimum Gasteiger partial charge on any atom is -0.230 e. The molecule has 0 amide bonds. The van der Waals surface area contributed by atoms with Gasteiger partial charge in [-0.25, -0.2) is 17.7 Å². The van der Waals surface area contributed by atoms with Crippen molar-refractivity contribution in [2.45, 2.75) is 15.0 Å². The number of nitrogens with zero attached hydrogens (tertiary/aromatic N) is 2. The number of hydrogen-bond acceptors (Lipinski definition) is 5. The van der Waals surface area contributed by atoms with Crippen LogP contribution in [0.4, 0.5) is 0 Å². The van der Waals surface area contributed by atoms with Gasteiger partial charge in [-0.1, -0.05) is 35.0 Å². The number of fused-ring (bicyclic) bond motifs is 1. The van der Waals surface area contributed by atoms with E-state index >= 15 is 0 Å². The number of aromatic nitrogens is 1. The average molecular weight is 433 g/mol. The van der Waals surface area contributed by atoms with Gasteiger partial charge in [-0.3, -0.25) is 0 Å². The number of rotatable bonds is 5. The normalized spacial score (nSPS) is 12.2. The fraction of sp³-hybridized carbons (Fsp3) is 0.188. The highest BCUT2D eigenvalue weighted by molar-refractivity contribution is 8.00. The van der Waals surface area contributed by atoms with Crippen LogP contribution in [0, 0.1) is 0 Å². The first-order valence-electron chi connectivity index (χ1n) is 7.17. The Labute approximate surface area is 164 Å². The topological polar surface area (TPSA) is 50.3 Å². The van der Waals surface area contributed by atoms with Crippen molar-refractivity contribution >= 4 is 66.5 Å². The predicted molar refractivity (Wildman–Crippen MR) is 107 cm³/mol. The highest BCUT2D eigenvalue weighted by Crippen LogP contribution is 2.34. The molecule has 132 valence electrons. The third-order valence-corrected chi connectivity index (χ3v) is 8.10. The lowest BCUT2D eigenvalue weighted by atomic mass is 10.2. The van der Waals surface area contributed by atoms with Crippen LogP contribution in [0.2, 0.25) is 10.0 Å². The first kappa shape index (κ1) is 18.9. The first-order valence-corrected chi connectivity index (χ1v) is 11.2. The second-order valence-electron chi connectivity index (χ2n) is 5.42. The zero-order valence-electron chi connectivity index (χ0n) is 13.4. The summed E-state index contributed by atoms with van der Waals surface area (Å²) in [4.78, 5) is 4.81. The van der Waals surface area contributed by atoms with Crippen LogP contribution in [0.1, 0.15) is 5.56 Å². The molecule has 4 nitrogen and oxygen atoms in total. The van der Waals surface area contributed by atoms with Crippen LogP contribution in [-0.2, 0) is 15.8 Å². The lowest BCUT2D eigenvalue weighted by Gasteiger charge is -2.10. The van der Waals surface area contributed by atoms with Crippen molar-refractivity contribution in [3.05, 3.63) is 52.0 Å². The van der Waals surface area contributed by atoms with Crippen molar-refractivity contribution in [2.75, 3.05) is 14.1 Å². The van der Waals surface area contributed by atoms with E-state index in [0.717, 1.165) is 20.1 Å². The van der Waals surface area contributed by atoms with E-state index in [0.29, 0.717) is 15.8 Å². The third-order valence-electron chi connectivity index (χ3n) is 3.48. The maximum absolute atomic E-state index is 12.2. The minimum atomic E-state index is -3.45. The van der Waals surface area contributed by atoms with Crippen molar-refractivity contribution in [3.63, 3.8) is 0 Å². The van der Waals surface area contributed by atoms with Crippen LogP contribution in [-0.4, -0.2) is 31.8 Å². The number of sulfonamides is 1. The van der Waals surface area contributed by atoms with Crippen LogP contribution < -0.4 is 0 Å². The van der Waals surface area contributed by atoms with Crippen LogP contribution in [0.15, 0.2) is 45.6 Å². The lowest BCUT2D eigenvalue weighted by molar-refractivity contribution is 0.521. The molecule has 0 fully saturated rings. The molecule has 3 rings (SSSR count). The first-order chi connectivity index (χ1) is 11.8. The molecule has 0 aliphatic carbocycles. The van der Waals surface area contributed by atoms with Crippen LogP contribution in [0.3, 0.4) is 0 Å². The van der Waals surface area contributed by atoms with Gasteiger partial charge in [0.25, 0.3) is 0 Å². The number of halogens is 2. The molecule has 3 aromatic rings. The summed E-state index contributed by atoms with van der Waals surface area (Å²) in [6, 6.07) is 10.3. The molecule has 1 heterocycles. The summed E-state index contributed by atoms with van der Waals surface area (Å²) >= 11 is 15.2. The van der Waals surface area contributed by atoms with Gasteiger partial charge in [0, 0.05) is 29.9 Å². The summed E-state index contributed by atoms with van der Waals surface area (Å²) in [6.45, 7) is 0. The molecule has 0 spiro atoms. The summed E-state index contributed by atoms with van der Waals surface area (Å²) in [5, 5.41) is 1.31. The Morgan fingerprint density at radius 3 is 2.64 bits per heavy atom. The fourth-order valence-electron chi connectivity index (χ4n) is 2.11. The van der Waals surface area contributed by atoms with E-state index in [4.69, 9.17) is 23.2 Å². The van der Waals surface area contributed by atoms with Gasteiger partial charge >= 0.3 is 0 Å². The molecule has 0 saturated heterocycles. The maximum Gasteiger partial charge on any atom is 0.242 e. The molecule has 0 N–H and O–H groups in total. The smallest absolute Gasteiger partial charge is 0.230 e. The van der Waals surface area contributed by atoms with Crippen LogP contribution in [0.5, 0.6) is 0 Å². The van der Waals surface area contributed by atoms with Gasteiger partial charge in [-0.15, -0.1) is 11.3 Å². The highest BCUT2D eigenvalue weighted by atomic mass is 35.5. The Hall–Kier alpha value is -0.830. The molecular weight excluding hydrogens is 419 g/mol. The summed E-state index contributed by atoms with van der Waals surface area (Å²) in [5.41, 5.74) is 1.72. The van der Waals surface area contributed by atoms with E-state index in [1.54, 1.807) is 42.1 Å². The molecule has 1 aromatic heterocycles. The van der Waals surface area contributed by atoms with Crippen molar-refractivity contribution in [2.24, 2.45) is 0 Å². The molecule has 0 bridgehead atoms. The zero-order valence-corrected chi connectivity index (χ0v) is 17.3. The molecule has 0 radical (unpaired) electrons. The third kappa shape index (κ3) is 4.13. The number of thioether (sulfide) groups is 1. The van der Waals surface area contributed by atoms with E-state index in [1.807, 2.05) is 6.07 Å². The van der Waals surface area contributed by atoms with Gasteiger partial charge in [0.2, 0.25) is 10.0 Å². The van der Waals surface area contributed by atoms with Gasteiger partial charge < -0.3 is 0 Å². The van der Waals surface area contributed by atoms with Gasteiger partial charge in [0.15, 0.2) is 4.34 Å². The molecule has 0 saturated carbocycles. The second kappa shape index (κ2) is 7.42. The minimum absolute atomic E-state index is 0.267. The molecule has 9 heteroatoms. The van der Waals surface area contributed by atoms with Crippen molar-refractivity contribution in [3.8, 4) is 0 Å². The predicted octanol–water partition coefficient (Wildman–Crippen LogP) is 5.15. The van der Waals surface area contributed by atoms with E-state index in [-0.39, 0.29) is 4.90 Å². The van der Waals surface area contributed by atoms with Crippen LogP contribution >= 0.6 is 46.3 Å². The van der Waals surface area contributed by atoms with Gasteiger partial charge in [0.05, 0.1) is 15.1 Å². The molecule has 0 atom stereocenters. The van der Waals surface area contributed by atoms with Crippen molar-refractivity contribution < 1.29 is 8.42 Å². The summed E-state index contributed by atoms with van der Waals surface area (Å²) in [7, 11) is -0.419. The monoisotopic (exact) mass is 432 g/mol. The molecule has 0 aliphatic rings. The SMILES string of the molecule is CN(C)S(=O)(=O)c1ccc2nc(SCc3cc(Cl)ccc3Cl)sc2c1. The fourth-order valence-corrected chi connectivity index (χ4v) is 5.67. The Morgan fingerprint density at radius 2 is 1.92 bits per heavy atom. The molecule has 0 aliphatic heterocycles. The average Bonchev–Trinajstić information content (AvgIpc) is 2.97. The lowest BCUT2D eigenvalue weighted by Crippen LogP contribution is -2.22. The Balaban J connectivity index is 1.85. The molecule has 2 aromatic carbocycles. The summed E-state index contributed by atoms with van der Waals surface area (Å²) in [6.07, 6.45) is 0. The molecule has 25 heavy (non-hydrogen) atoms. The Bertz CT molecular complexity index is 1030. The molecule has 0 unspecified atom stereocenters. The number of benzene rings is 2. The Morgan fingerprint density at radius 1 is 1.16 bits per heavy atom. The zero-order chi connectivity index (χ0) is 18.2. The standard InChI is InChI=1S/C16H14Cl2N2O2S3/c1-20(2)25(21,22)12-4-6-14-15(8-12)24-16(19-14)23-9-10-7-11(17)3-5-13(10)18/h3-8H,9H2,1-2H3. The van der Waals surface area contributed by atoms with E-state index < -0.39 is 10.0 Å². The van der Waals surface area contributed by atoms with E-state index in [2.05, 4.69) is 4.98 Å². The number of hydrogen-bond donors (Lipinski definition) is 0. The van der Waals surface area contributed by atoms with Gasteiger partial charge in [-0.2, -0.15) is 0 Å². The molecular formula is C16H14Cl2N2O2S3. The van der Waals surface area contributed by atoms with Gasteiger partial charge in [-0.05, 0) is 42.0 Å². The second-order valence-corrected chi connectivity index (χ2v) is 10.7. The highest BCUT2D eigenvalue weighted by Gasteiger charge is 2.18. The quantitative estimate of drug-likeness (QED) is 0.523. The largest absolute Gasteiger partial charge is 0.242 e. The van der Waals surface area contributed by atoms with Gasteiger partial charge in [0.1, 0.15) is 0 Å². The van der Waals surface area contributed by atoms with Crippen LogP contribution in [0.25, 0.3) is 10.2 Å². The van der Waals surface area contributed by atoms with Crippen molar-refractivity contribution in [1.29, 1.82) is 0 Å². The summed E-state index contributed by atoms with van der Waals surface area (Å²) in [5.74, 6) is 0.641. The maximum atomic E-state index is 12.2. The van der Waals surface area contributed by atoms with Crippen molar-refractivity contribution in [1.82, 2.24) is 9.29 Å². The summed E-state index contributed by atoms with van der Waals surface area (Å²) < 4.78 is 27.4. The Kier molecular flexibility index (Phi) is 5.63. The number of thiazole rings is 1.